The van der Waals surface area contributed by atoms with Crippen LogP contribution in [-0.2, 0) is 10.0 Å². The van der Waals surface area contributed by atoms with Crippen LogP contribution in [0.3, 0.4) is 0 Å². The van der Waals surface area contributed by atoms with Gasteiger partial charge < -0.3 is 5.32 Å². The molecule has 0 atom stereocenters. The van der Waals surface area contributed by atoms with Crippen molar-refractivity contribution in [2.75, 3.05) is 10.0 Å². The lowest BCUT2D eigenvalue weighted by atomic mass is 9.91. The zero-order valence-electron chi connectivity index (χ0n) is 24.2. The molecule has 0 amide bonds. The summed E-state index contributed by atoms with van der Waals surface area (Å²) in [4.78, 5) is 0.216. The summed E-state index contributed by atoms with van der Waals surface area (Å²) in [6, 6.07) is 52.0. The van der Waals surface area contributed by atoms with Gasteiger partial charge >= 0.3 is 0 Å². The number of sulfonamides is 1. The van der Waals surface area contributed by atoms with E-state index in [1.54, 1.807) is 12.1 Å². The van der Waals surface area contributed by atoms with E-state index in [9.17, 15) is 8.42 Å². The molecule has 0 spiro atoms. The number of rotatable bonds is 6. The molecule has 0 radical (unpaired) electrons. The van der Waals surface area contributed by atoms with Crippen LogP contribution in [0, 0.1) is 0 Å². The Balaban J connectivity index is 1.34. The fourth-order valence-corrected chi connectivity index (χ4v) is 7.34. The Bertz CT molecular complexity index is 2520. The van der Waals surface area contributed by atoms with Gasteiger partial charge in [0.25, 0.3) is 10.0 Å². The number of hydrogen-bond donors (Lipinski definition) is 2. The minimum absolute atomic E-state index is 0.216. The predicted molar refractivity (Wildman–Crippen MR) is 189 cm³/mol. The third-order valence-electron chi connectivity index (χ3n) is 8.41. The van der Waals surface area contributed by atoms with E-state index in [0.717, 1.165) is 60.2 Å². The number of anilines is 3. The lowest BCUT2D eigenvalue weighted by Crippen LogP contribution is -2.14. The van der Waals surface area contributed by atoms with Gasteiger partial charge in [-0.25, -0.2) is 8.42 Å². The van der Waals surface area contributed by atoms with Crippen molar-refractivity contribution in [2.45, 2.75) is 4.90 Å². The Hall–Kier alpha value is -5.65. The summed E-state index contributed by atoms with van der Waals surface area (Å²) in [5, 5.41) is 11.9. The first kappa shape index (κ1) is 26.9. The number of hydrogen-bond acceptors (Lipinski definition) is 3. The Kier molecular flexibility index (Phi) is 6.47. The number of nitrogens with one attached hydrogen (secondary N) is 2. The van der Waals surface area contributed by atoms with Gasteiger partial charge in [-0.1, -0.05) is 121 Å². The van der Waals surface area contributed by atoms with E-state index < -0.39 is 10.0 Å². The van der Waals surface area contributed by atoms with E-state index in [0.29, 0.717) is 5.69 Å². The number of benzene rings is 8. The highest BCUT2D eigenvalue weighted by Crippen LogP contribution is 2.45. The van der Waals surface area contributed by atoms with Gasteiger partial charge in [0.05, 0.1) is 10.6 Å². The maximum atomic E-state index is 14.0. The predicted octanol–water partition coefficient (Wildman–Crippen LogP) is 10.5. The molecule has 8 rings (SSSR count). The van der Waals surface area contributed by atoms with Gasteiger partial charge in [-0.3, -0.25) is 4.72 Å². The second kappa shape index (κ2) is 10.8. The molecule has 0 fully saturated rings. The maximum absolute atomic E-state index is 14.0. The largest absolute Gasteiger partial charge is 0.355 e. The average Bonchev–Trinajstić information content (AvgIpc) is 3.08. The van der Waals surface area contributed by atoms with Crippen LogP contribution in [0.4, 0.5) is 17.1 Å². The van der Waals surface area contributed by atoms with Gasteiger partial charge in [0, 0.05) is 22.5 Å². The summed E-state index contributed by atoms with van der Waals surface area (Å²) in [5.41, 5.74) is 4.09. The van der Waals surface area contributed by atoms with E-state index in [4.69, 9.17) is 0 Å². The number of fused-ring (bicyclic) bond motifs is 4. The fraction of sp³-hybridized carbons (Fsp3) is 0. The summed E-state index contributed by atoms with van der Waals surface area (Å²) in [7, 11) is -3.92. The van der Waals surface area contributed by atoms with Crippen molar-refractivity contribution in [3.63, 3.8) is 0 Å². The van der Waals surface area contributed by atoms with E-state index in [-0.39, 0.29) is 4.90 Å². The van der Waals surface area contributed by atoms with Crippen LogP contribution in [-0.4, -0.2) is 8.42 Å². The molecule has 0 saturated carbocycles. The lowest BCUT2D eigenvalue weighted by molar-refractivity contribution is 0.601. The van der Waals surface area contributed by atoms with Gasteiger partial charge in [-0.2, -0.15) is 0 Å². The van der Waals surface area contributed by atoms with Crippen molar-refractivity contribution in [1.29, 1.82) is 0 Å². The summed E-state index contributed by atoms with van der Waals surface area (Å²) in [6.07, 6.45) is 0. The second-order valence-electron chi connectivity index (χ2n) is 11.2. The van der Waals surface area contributed by atoms with Gasteiger partial charge in [-0.05, 0) is 79.5 Å². The molecule has 0 aliphatic heterocycles. The molecule has 0 aromatic heterocycles. The highest BCUT2D eigenvalue weighted by molar-refractivity contribution is 7.92. The first-order valence-corrected chi connectivity index (χ1v) is 16.3. The van der Waals surface area contributed by atoms with Crippen LogP contribution in [0.1, 0.15) is 0 Å². The first-order chi connectivity index (χ1) is 22.0. The van der Waals surface area contributed by atoms with Crippen LogP contribution in [0.2, 0.25) is 0 Å². The molecule has 216 valence electrons. The lowest BCUT2D eigenvalue weighted by Gasteiger charge is -2.21. The van der Waals surface area contributed by atoms with Crippen LogP contribution < -0.4 is 10.0 Å². The van der Waals surface area contributed by atoms with Crippen molar-refractivity contribution in [1.82, 2.24) is 0 Å². The van der Waals surface area contributed by atoms with Gasteiger partial charge in [0.1, 0.15) is 0 Å². The summed E-state index contributed by atoms with van der Waals surface area (Å²) < 4.78 is 31.0. The highest BCUT2D eigenvalue weighted by atomic mass is 32.2. The second-order valence-corrected chi connectivity index (χ2v) is 12.9. The van der Waals surface area contributed by atoms with Crippen molar-refractivity contribution in [3.8, 4) is 11.1 Å². The molecular formula is C40H28N2O2S. The van der Waals surface area contributed by atoms with E-state index >= 15 is 0 Å². The quantitative estimate of drug-likeness (QED) is 0.200. The normalized spacial score (nSPS) is 11.7. The minimum Gasteiger partial charge on any atom is -0.355 e. The minimum atomic E-state index is -3.92. The van der Waals surface area contributed by atoms with Gasteiger partial charge in [-0.15, -0.1) is 0 Å². The third-order valence-corrected chi connectivity index (χ3v) is 9.78. The fourth-order valence-electron chi connectivity index (χ4n) is 6.23. The van der Waals surface area contributed by atoms with Crippen LogP contribution >= 0.6 is 0 Å². The molecule has 45 heavy (non-hydrogen) atoms. The van der Waals surface area contributed by atoms with Crippen LogP contribution in [0.25, 0.3) is 54.2 Å². The molecular weight excluding hydrogens is 573 g/mol. The highest BCUT2D eigenvalue weighted by Gasteiger charge is 2.22. The van der Waals surface area contributed by atoms with Crippen LogP contribution in [0.15, 0.2) is 163 Å². The molecule has 0 heterocycles. The molecule has 0 saturated heterocycles. The standard InChI is InChI=1S/C40H28N2O2S/c43-45(44,34-22-18-28-10-2-4-14-32(28)26-34)42-38-24-20-30-12-6-8-16-36(30)40(38)39-35-15-7-5-11-29(35)19-23-37(39)41-33-21-17-27-9-1-3-13-31(27)25-33/h1-26,41-42H. The topological polar surface area (TPSA) is 58.2 Å². The Labute approximate surface area is 261 Å². The molecule has 8 aromatic carbocycles. The van der Waals surface area contributed by atoms with Crippen molar-refractivity contribution >= 4 is 70.2 Å². The van der Waals surface area contributed by atoms with Crippen molar-refractivity contribution < 1.29 is 8.42 Å². The monoisotopic (exact) mass is 600 g/mol. The molecule has 0 unspecified atom stereocenters. The molecule has 2 N–H and O–H groups in total. The zero-order valence-corrected chi connectivity index (χ0v) is 25.1. The summed E-state index contributed by atoms with van der Waals surface area (Å²) in [6.45, 7) is 0. The molecule has 5 heteroatoms. The zero-order chi connectivity index (χ0) is 30.4. The van der Waals surface area contributed by atoms with Crippen molar-refractivity contribution in [3.05, 3.63) is 158 Å². The molecule has 0 aliphatic carbocycles. The SMILES string of the molecule is O=S(=O)(Nc1ccc2ccccc2c1-c1c(Nc2ccc3ccccc3c2)ccc2ccccc12)c1ccc2ccccc2c1. The van der Waals surface area contributed by atoms with Crippen molar-refractivity contribution in [2.24, 2.45) is 0 Å². The van der Waals surface area contributed by atoms with Gasteiger partial charge in [0.2, 0.25) is 0 Å². The van der Waals surface area contributed by atoms with E-state index in [1.807, 2.05) is 78.9 Å². The maximum Gasteiger partial charge on any atom is 0.261 e. The third kappa shape index (κ3) is 4.93. The van der Waals surface area contributed by atoms with Gasteiger partial charge in [0.15, 0.2) is 0 Å². The first-order valence-electron chi connectivity index (χ1n) is 14.8. The smallest absolute Gasteiger partial charge is 0.261 e. The van der Waals surface area contributed by atoms with Crippen LogP contribution in [0.5, 0.6) is 0 Å². The molecule has 0 bridgehead atoms. The molecule has 8 aromatic rings. The Morgan fingerprint density at radius 3 is 1.51 bits per heavy atom. The van der Waals surface area contributed by atoms with E-state index in [2.05, 4.69) is 76.8 Å². The average molecular weight is 601 g/mol. The molecule has 4 nitrogen and oxygen atoms in total. The summed E-state index contributed by atoms with van der Waals surface area (Å²) in [5.74, 6) is 0. The Morgan fingerprint density at radius 1 is 0.400 bits per heavy atom. The van der Waals surface area contributed by atoms with E-state index in [1.165, 1.54) is 5.39 Å². The summed E-state index contributed by atoms with van der Waals surface area (Å²) >= 11 is 0. The Morgan fingerprint density at radius 2 is 0.867 bits per heavy atom. The molecule has 0 aliphatic rings.